The molecular weight excluding hydrogens is 200 g/mol. The van der Waals surface area contributed by atoms with Gasteiger partial charge >= 0.3 is 6.09 Å². The number of carbonyl (C=O) groups excluding carboxylic acids is 1. The third-order valence-corrected chi connectivity index (χ3v) is 2.22. The van der Waals surface area contributed by atoms with Crippen LogP contribution in [0.4, 0.5) is 4.79 Å². The normalized spacial score (nSPS) is 13.9. The van der Waals surface area contributed by atoms with E-state index < -0.39 is 6.09 Å². The summed E-state index contributed by atoms with van der Waals surface area (Å²) in [5, 5.41) is 2.36. The molecule has 1 N–H and O–H groups in total. The maximum absolute atomic E-state index is 11.5. The number of nitrogens with one attached hydrogen (secondary N) is 1. The van der Waals surface area contributed by atoms with E-state index in [-0.39, 0.29) is 11.4 Å². The lowest BCUT2D eigenvalue weighted by Crippen LogP contribution is -2.17. The summed E-state index contributed by atoms with van der Waals surface area (Å²) in [6.45, 7) is 2.13. The van der Waals surface area contributed by atoms with Gasteiger partial charge in [-0.25, -0.2) is 4.79 Å². The maximum Gasteiger partial charge on any atom is 0.435 e. The number of methoxy groups -OCH3 is 1. The first kappa shape index (κ1) is 9.57. The molecule has 1 aliphatic rings. The monoisotopic (exact) mass is 210 g/mol. The van der Waals surface area contributed by atoms with Crippen LogP contribution in [0.15, 0.2) is 10.9 Å². The van der Waals surface area contributed by atoms with Crippen LogP contribution in [0.25, 0.3) is 5.57 Å². The van der Waals surface area contributed by atoms with Crippen molar-refractivity contribution in [3.63, 3.8) is 0 Å². The Kier molecular flexibility index (Phi) is 2.11. The van der Waals surface area contributed by atoms with Gasteiger partial charge in [0.15, 0.2) is 0 Å². The third kappa shape index (κ3) is 1.34. The molecule has 6 heteroatoms. The highest BCUT2D eigenvalue weighted by atomic mass is 16.6. The van der Waals surface area contributed by atoms with E-state index in [2.05, 4.69) is 9.84 Å². The second kappa shape index (κ2) is 3.30. The molecule has 1 aromatic rings. The number of aromatic amines is 1. The smallest absolute Gasteiger partial charge is 0.435 e. The van der Waals surface area contributed by atoms with Crippen molar-refractivity contribution in [1.29, 1.82) is 0 Å². The summed E-state index contributed by atoms with van der Waals surface area (Å²) in [5.74, 6) is 0.215. The molecule has 0 fully saturated rings. The van der Waals surface area contributed by atoms with Crippen LogP contribution in [0.1, 0.15) is 12.5 Å². The zero-order chi connectivity index (χ0) is 11.0. The number of ether oxygens (including phenoxy) is 2. The molecule has 1 aliphatic heterocycles. The largest absolute Gasteiger partial charge is 0.473 e. The van der Waals surface area contributed by atoms with Crippen LogP contribution in [0.5, 0.6) is 5.88 Å². The highest BCUT2D eigenvalue weighted by Gasteiger charge is 2.24. The van der Waals surface area contributed by atoms with Crippen LogP contribution < -0.4 is 10.3 Å². The lowest BCUT2D eigenvalue weighted by Gasteiger charge is -2.12. The summed E-state index contributed by atoms with van der Waals surface area (Å²) in [4.78, 5) is 22.8. The van der Waals surface area contributed by atoms with Crippen molar-refractivity contribution in [2.45, 2.75) is 6.92 Å². The number of rotatable bonds is 0. The summed E-state index contributed by atoms with van der Waals surface area (Å²) >= 11 is 0. The minimum absolute atomic E-state index is 0.215. The van der Waals surface area contributed by atoms with E-state index in [1.807, 2.05) is 0 Å². The molecule has 0 spiro atoms. The number of fused-ring (bicyclic) bond motifs is 1. The topological polar surface area (TPSA) is 73.3 Å². The lowest BCUT2D eigenvalue weighted by molar-refractivity contribution is 0.164. The number of hydrogen-bond donors (Lipinski definition) is 1. The predicted molar refractivity (Wildman–Crippen MR) is 52.0 cm³/mol. The molecule has 0 amide bonds. The van der Waals surface area contributed by atoms with Gasteiger partial charge in [-0.2, -0.15) is 4.68 Å². The minimum Gasteiger partial charge on any atom is -0.473 e. The first-order valence-electron chi connectivity index (χ1n) is 4.38. The van der Waals surface area contributed by atoms with Crippen LogP contribution in [-0.4, -0.2) is 29.6 Å². The number of hydrogen-bond acceptors (Lipinski definition) is 4. The molecule has 0 saturated heterocycles. The highest BCUT2D eigenvalue weighted by molar-refractivity contribution is 5.76. The fourth-order valence-electron chi connectivity index (χ4n) is 1.47. The molecule has 0 saturated carbocycles. The maximum atomic E-state index is 11.5. The van der Waals surface area contributed by atoms with Crippen molar-refractivity contribution < 1.29 is 14.3 Å². The Bertz CT molecular complexity index is 495. The lowest BCUT2D eigenvalue weighted by atomic mass is 10.1. The van der Waals surface area contributed by atoms with Gasteiger partial charge in [-0.15, -0.1) is 0 Å². The molecule has 0 radical (unpaired) electrons. The predicted octanol–water partition coefficient (Wildman–Crippen LogP) is 0.587. The van der Waals surface area contributed by atoms with Gasteiger partial charge in [0.1, 0.15) is 12.2 Å². The molecular formula is C9H10N2O4. The fourth-order valence-corrected chi connectivity index (χ4v) is 1.47. The molecule has 6 nitrogen and oxygen atoms in total. The summed E-state index contributed by atoms with van der Waals surface area (Å²) in [6.07, 6.45) is 1.10. The van der Waals surface area contributed by atoms with E-state index in [9.17, 15) is 9.59 Å². The van der Waals surface area contributed by atoms with Crippen LogP contribution >= 0.6 is 0 Å². The van der Waals surface area contributed by atoms with Crippen LogP contribution in [0.2, 0.25) is 0 Å². The van der Waals surface area contributed by atoms with E-state index in [0.717, 1.165) is 10.3 Å². The van der Waals surface area contributed by atoms with E-state index in [0.29, 0.717) is 12.2 Å². The van der Waals surface area contributed by atoms with Gasteiger partial charge in [0.2, 0.25) is 5.88 Å². The average molecular weight is 210 g/mol. The molecule has 2 rings (SSSR count). The Hall–Kier alpha value is -1.98. The molecule has 80 valence electrons. The Morgan fingerprint density at radius 3 is 3.07 bits per heavy atom. The van der Waals surface area contributed by atoms with Crippen molar-refractivity contribution in [1.82, 2.24) is 9.78 Å². The first-order chi connectivity index (χ1) is 7.15. The Labute approximate surface area is 85.1 Å². The fraction of sp³-hybridized carbons (Fsp3) is 0.333. The van der Waals surface area contributed by atoms with Crippen LogP contribution in [0, 0.1) is 0 Å². The molecule has 0 bridgehead atoms. The quantitative estimate of drug-likeness (QED) is 0.680. The van der Waals surface area contributed by atoms with Crippen molar-refractivity contribution in [3.05, 3.63) is 22.0 Å². The molecule has 0 atom stereocenters. The van der Waals surface area contributed by atoms with Crippen LogP contribution in [0.3, 0.4) is 0 Å². The van der Waals surface area contributed by atoms with Crippen molar-refractivity contribution in [2.75, 3.05) is 13.7 Å². The van der Waals surface area contributed by atoms with E-state index in [1.165, 1.54) is 7.11 Å². The van der Waals surface area contributed by atoms with Crippen LogP contribution in [-0.2, 0) is 4.74 Å². The standard InChI is InChI=1S/C9H10N2O4/c1-5-3-4-15-8-6(5)7(12)10-11(8)9(13)14-2/h3H,4H2,1-2H3,(H,10,12). The van der Waals surface area contributed by atoms with Gasteiger partial charge in [0, 0.05) is 0 Å². The van der Waals surface area contributed by atoms with Gasteiger partial charge in [0.05, 0.1) is 7.11 Å². The third-order valence-electron chi connectivity index (χ3n) is 2.22. The van der Waals surface area contributed by atoms with Crippen molar-refractivity contribution >= 4 is 11.7 Å². The summed E-state index contributed by atoms with van der Waals surface area (Å²) in [5.41, 5.74) is 0.815. The molecule has 15 heavy (non-hydrogen) atoms. The summed E-state index contributed by atoms with van der Waals surface area (Å²) in [7, 11) is 1.23. The van der Waals surface area contributed by atoms with Gasteiger partial charge in [0.25, 0.3) is 5.56 Å². The molecule has 2 heterocycles. The zero-order valence-electron chi connectivity index (χ0n) is 8.36. The number of H-pyrrole nitrogens is 1. The van der Waals surface area contributed by atoms with E-state index in [1.54, 1.807) is 13.0 Å². The molecule has 0 aromatic carbocycles. The Morgan fingerprint density at radius 2 is 2.40 bits per heavy atom. The van der Waals surface area contributed by atoms with Gasteiger partial charge in [-0.3, -0.25) is 9.89 Å². The van der Waals surface area contributed by atoms with Crippen molar-refractivity contribution in [2.24, 2.45) is 0 Å². The SMILES string of the molecule is COC(=O)n1[nH]c(=O)c2c1OCC=C2C. The number of nitrogens with zero attached hydrogens (tertiary/aromatic N) is 1. The van der Waals surface area contributed by atoms with Gasteiger partial charge in [-0.1, -0.05) is 0 Å². The summed E-state index contributed by atoms with van der Waals surface area (Å²) in [6, 6.07) is 0. The number of carbonyl (C=O) groups is 1. The van der Waals surface area contributed by atoms with Crippen molar-refractivity contribution in [3.8, 4) is 5.88 Å². The Balaban J connectivity index is 2.63. The molecule has 0 unspecified atom stereocenters. The van der Waals surface area contributed by atoms with Gasteiger partial charge < -0.3 is 9.47 Å². The number of aromatic nitrogens is 2. The summed E-state index contributed by atoms with van der Waals surface area (Å²) < 4.78 is 10.7. The minimum atomic E-state index is -0.678. The first-order valence-corrected chi connectivity index (χ1v) is 4.38. The zero-order valence-corrected chi connectivity index (χ0v) is 8.36. The molecule has 0 aliphatic carbocycles. The second-order valence-electron chi connectivity index (χ2n) is 3.12. The van der Waals surface area contributed by atoms with E-state index in [4.69, 9.17) is 4.74 Å². The number of allylic oxidation sites excluding steroid dienone is 1. The Morgan fingerprint density at radius 1 is 1.67 bits per heavy atom. The van der Waals surface area contributed by atoms with Gasteiger partial charge in [-0.05, 0) is 18.6 Å². The second-order valence-corrected chi connectivity index (χ2v) is 3.12. The highest BCUT2D eigenvalue weighted by Crippen LogP contribution is 2.25. The van der Waals surface area contributed by atoms with E-state index >= 15 is 0 Å². The molecule has 1 aromatic heterocycles. The average Bonchev–Trinajstić information content (AvgIpc) is 2.56.